The van der Waals surface area contributed by atoms with Crippen LogP contribution in [0.5, 0.6) is 5.75 Å². The van der Waals surface area contributed by atoms with E-state index in [1.807, 2.05) is 36.4 Å². The van der Waals surface area contributed by atoms with Crippen LogP contribution in [0.25, 0.3) is 6.08 Å². The first-order valence-electron chi connectivity index (χ1n) is 10.1. The SMILES string of the molecule is N#C/C(=C\c1cc(Br)c(OCC(=O)Nc2ccc(Cl)c(Cl)c2)c(Br)c1)C(=O)NCc1ccccc1. The van der Waals surface area contributed by atoms with Crippen LogP contribution in [0.2, 0.25) is 10.0 Å². The molecular formula is C25H17Br2Cl2N3O3. The fourth-order valence-electron chi connectivity index (χ4n) is 2.90. The van der Waals surface area contributed by atoms with Gasteiger partial charge in [-0.25, -0.2) is 0 Å². The van der Waals surface area contributed by atoms with Gasteiger partial charge in [0.1, 0.15) is 17.4 Å². The second kappa shape index (κ2) is 12.8. The smallest absolute Gasteiger partial charge is 0.262 e. The molecule has 6 nitrogen and oxygen atoms in total. The summed E-state index contributed by atoms with van der Waals surface area (Å²) in [5, 5.41) is 15.6. The Morgan fingerprint density at radius 3 is 2.31 bits per heavy atom. The van der Waals surface area contributed by atoms with E-state index in [1.54, 1.807) is 24.3 Å². The molecule has 3 rings (SSSR count). The maximum atomic E-state index is 12.4. The van der Waals surface area contributed by atoms with Gasteiger partial charge in [-0.1, -0.05) is 53.5 Å². The van der Waals surface area contributed by atoms with Gasteiger partial charge in [0.05, 0.1) is 19.0 Å². The van der Waals surface area contributed by atoms with Crippen molar-refractivity contribution < 1.29 is 14.3 Å². The molecule has 178 valence electrons. The summed E-state index contributed by atoms with van der Waals surface area (Å²) in [5.41, 5.74) is 1.95. The molecule has 0 spiro atoms. The number of nitriles is 1. The van der Waals surface area contributed by atoms with Crippen molar-refractivity contribution in [3.63, 3.8) is 0 Å². The lowest BCUT2D eigenvalue weighted by Crippen LogP contribution is -2.23. The lowest BCUT2D eigenvalue weighted by Gasteiger charge is -2.12. The lowest BCUT2D eigenvalue weighted by atomic mass is 10.1. The minimum atomic E-state index is -0.483. The number of halogens is 4. The highest BCUT2D eigenvalue weighted by molar-refractivity contribution is 9.11. The quantitative estimate of drug-likeness (QED) is 0.211. The highest BCUT2D eigenvalue weighted by Gasteiger charge is 2.14. The number of hydrogen-bond acceptors (Lipinski definition) is 4. The molecule has 0 saturated carbocycles. The summed E-state index contributed by atoms with van der Waals surface area (Å²) in [7, 11) is 0. The van der Waals surface area contributed by atoms with Crippen LogP contribution in [-0.2, 0) is 16.1 Å². The molecule has 2 amide bonds. The number of carbonyl (C=O) groups is 2. The summed E-state index contributed by atoms with van der Waals surface area (Å²) >= 11 is 18.7. The number of hydrogen-bond donors (Lipinski definition) is 2. The monoisotopic (exact) mass is 635 g/mol. The van der Waals surface area contributed by atoms with Gasteiger partial charge in [0.25, 0.3) is 11.8 Å². The van der Waals surface area contributed by atoms with Crippen LogP contribution in [0.1, 0.15) is 11.1 Å². The molecule has 0 heterocycles. The predicted octanol–water partition coefficient (Wildman–Crippen LogP) is 6.76. The molecule has 0 fully saturated rings. The second-order valence-electron chi connectivity index (χ2n) is 7.12. The van der Waals surface area contributed by atoms with E-state index in [2.05, 4.69) is 42.5 Å². The molecule has 0 aliphatic heterocycles. The highest BCUT2D eigenvalue weighted by Crippen LogP contribution is 2.35. The van der Waals surface area contributed by atoms with Crippen molar-refractivity contribution in [3.8, 4) is 11.8 Å². The van der Waals surface area contributed by atoms with E-state index in [1.165, 1.54) is 12.1 Å². The summed E-state index contributed by atoms with van der Waals surface area (Å²) in [6.07, 6.45) is 1.47. The molecular weight excluding hydrogens is 621 g/mol. The first-order chi connectivity index (χ1) is 16.8. The average Bonchev–Trinajstić information content (AvgIpc) is 2.83. The van der Waals surface area contributed by atoms with Gasteiger partial charge in [0, 0.05) is 12.2 Å². The molecule has 35 heavy (non-hydrogen) atoms. The molecule has 0 unspecified atom stereocenters. The summed E-state index contributed by atoms with van der Waals surface area (Å²) < 4.78 is 6.71. The van der Waals surface area contributed by atoms with Crippen molar-refractivity contribution in [1.82, 2.24) is 5.32 Å². The number of rotatable bonds is 8. The van der Waals surface area contributed by atoms with E-state index in [4.69, 9.17) is 27.9 Å². The Morgan fingerprint density at radius 2 is 1.69 bits per heavy atom. The Kier molecular flexibility index (Phi) is 9.75. The first-order valence-corrected chi connectivity index (χ1v) is 12.4. The number of ether oxygens (including phenoxy) is 1. The van der Waals surface area contributed by atoms with Gasteiger partial charge < -0.3 is 15.4 Å². The number of amides is 2. The molecule has 2 N–H and O–H groups in total. The van der Waals surface area contributed by atoms with E-state index in [0.29, 0.717) is 42.5 Å². The van der Waals surface area contributed by atoms with Gasteiger partial charge in [-0.05, 0) is 79.4 Å². The average molecular weight is 638 g/mol. The predicted molar refractivity (Wildman–Crippen MR) is 144 cm³/mol. The fourth-order valence-corrected chi connectivity index (χ4v) is 4.65. The van der Waals surface area contributed by atoms with Crippen LogP contribution in [0.4, 0.5) is 5.69 Å². The number of anilines is 1. The van der Waals surface area contributed by atoms with Crippen molar-refractivity contribution in [2.45, 2.75) is 6.54 Å². The molecule has 0 aliphatic rings. The van der Waals surface area contributed by atoms with E-state index in [0.717, 1.165) is 5.56 Å². The minimum Gasteiger partial charge on any atom is -0.481 e. The first kappa shape index (κ1) is 26.8. The van der Waals surface area contributed by atoms with Gasteiger partial charge >= 0.3 is 0 Å². The minimum absolute atomic E-state index is 0.0468. The molecule has 0 radical (unpaired) electrons. The number of nitrogens with zero attached hydrogens (tertiary/aromatic N) is 1. The van der Waals surface area contributed by atoms with E-state index >= 15 is 0 Å². The van der Waals surface area contributed by atoms with Crippen LogP contribution in [0, 0.1) is 11.3 Å². The number of nitrogens with one attached hydrogen (secondary N) is 2. The third-order valence-corrected chi connectivity index (χ3v) is 6.46. The Morgan fingerprint density at radius 1 is 1.00 bits per heavy atom. The van der Waals surface area contributed by atoms with Gasteiger partial charge in [-0.15, -0.1) is 0 Å². The summed E-state index contributed by atoms with van der Waals surface area (Å²) in [6, 6.07) is 19.4. The summed E-state index contributed by atoms with van der Waals surface area (Å²) in [4.78, 5) is 24.7. The number of benzene rings is 3. The second-order valence-corrected chi connectivity index (χ2v) is 9.64. The zero-order valence-electron chi connectivity index (χ0n) is 17.9. The topological polar surface area (TPSA) is 91.2 Å². The third-order valence-electron chi connectivity index (χ3n) is 4.54. The highest BCUT2D eigenvalue weighted by atomic mass is 79.9. The largest absolute Gasteiger partial charge is 0.481 e. The zero-order chi connectivity index (χ0) is 25.4. The van der Waals surface area contributed by atoms with Crippen molar-refractivity contribution in [3.05, 3.63) is 96.4 Å². The van der Waals surface area contributed by atoms with Crippen LogP contribution in [-0.4, -0.2) is 18.4 Å². The summed E-state index contributed by atoms with van der Waals surface area (Å²) in [6.45, 7) is 0.0428. The van der Waals surface area contributed by atoms with E-state index < -0.39 is 11.8 Å². The Bertz CT molecular complexity index is 1300. The lowest BCUT2D eigenvalue weighted by molar-refractivity contribution is -0.118. The van der Waals surface area contributed by atoms with Crippen LogP contribution >= 0.6 is 55.1 Å². The van der Waals surface area contributed by atoms with Gasteiger partial charge in [0.15, 0.2) is 6.61 Å². The maximum Gasteiger partial charge on any atom is 0.262 e. The fraction of sp³-hybridized carbons (Fsp3) is 0.0800. The molecule has 0 bridgehead atoms. The third kappa shape index (κ3) is 7.84. The Labute approximate surface area is 229 Å². The van der Waals surface area contributed by atoms with Crippen molar-refractivity contribution in [2.24, 2.45) is 0 Å². The van der Waals surface area contributed by atoms with Crippen molar-refractivity contribution in [1.29, 1.82) is 5.26 Å². The molecule has 0 saturated heterocycles. The van der Waals surface area contributed by atoms with Gasteiger partial charge in [-0.2, -0.15) is 5.26 Å². The molecule has 0 aromatic heterocycles. The van der Waals surface area contributed by atoms with E-state index in [9.17, 15) is 14.9 Å². The Hall–Kier alpha value is -2.83. The molecule has 3 aromatic carbocycles. The van der Waals surface area contributed by atoms with E-state index in [-0.39, 0.29) is 12.2 Å². The maximum absolute atomic E-state index is 12.4. The molecule has 3 aromatic rings. The van der Waals surface area contributed by atoms with Gasteiger partial charge in [0.2, 0.25) is 0 Å². The number of carbonyl (C=O) groups excluding carboxylic acids is 2. The molecule has 10 heteroatoms. The van der Waals surface area contributed by atoms with Crippen LogP contribution in [0.15, 0.2) is 75.2 Å². The summed E-state index contributed by atoms with van der Waals surface area (Å²) in [5.74, 6) is -0.491. The zero-order valence-corrected chi connectivity index (χ0v) is 22.6. The Balaban J connectivity index is 1.64. The normalized spacial score (nSPS) is 10.9. The van der Waals surface area contributed by atoms with Crippen molar-refractivity contribution >= 4 is 78.6 Å². The molecule has 0 aliphatic carbocycles. The van der Waals surface area contributed by atoms with Crippen LogP contribution in [0.3, 0.4) is 0 Å². The van der Waals surface area contributed by atoms with Crippen LogP contribution < -0.4 is 15.4 Å². The molecule has 0 atom stereocenters. The van der Waals surface area contributed by atoms with Gasteiger partial charge in [-0.3, -0.25) is 9.59 Å². The van der Waals surface area contributed by atoms with Crippen molar-refractivity contribution in [2.75, 3.05) is 11.9 Å². The standard InChI is InChI=1S/C25H17Br2Cl2N3O3/c26-19-9-16(8-17(12-30)25(34)31-13-15-4-2-1-3-5-15)10-20(27)24(19)35-14-23(33)32-18-6-7-21(28)22(29)11-18/h1-11H,13-14H2,(H,31,34)(H,32,33)/b17-8+.